The molecule has 0 spiro atoms. The molecule has 0 N–H and O–H groups in total. The van der Waals surface area contributed by atoms with Crippen LogP contribution in [0, 0.1) is 0 Å². The van der Waals surface area contributed by atoms with Crippen molar-refractivity contribution in [3.63, 3.8) is 0 Å². The first-order valence-electron chi connectivity index (χ1n) is 2.25. The summed E-state index contributed by atoms with van der Waals surface area (Å²) in [6.07, 6.45) is 0.537. The number of Topliss-reactive ketones (excluding diaryl/α,β-unsaturated/α-hetero) is 1. The molecule has 0 saturated carbocycles. The van der Waals surface area contributed by atoms with E-state index in [0.29, 0.717) is 6.29 Å². The van der Waals surface area contributed by atoms with E-state index in [9.17, 15) is 9.59 Å². The molecule has 0 aromatic rings. The van der Waals surface area contributed by atoms with Gasteiger partial charge < -0.3 is 9.53 Å². The van der Waals surface area contributed by atoms with Crippen LogP contribution in [0.15, 0.2) is 0 Å². The quantitative estimate of drug-likeness (QED) is 0.377. The number of ether oxygens (including phenoxy) is 1. The second-order valence-corrected chi connectivity index (χ2v) is 1.34. The smallest absolute Gasteiger partial charge is 0.165 e. The molecule has 0 aromatic carbocycles. The Labute approximate surface area is 47.6 Å². The molecule has 0 rings (SSSR count). The molecule has 8 heavy (non-hydrogen) atoms. The summed E-state index contributed by atoms with van der Waals surface area (Å²) in [6.45, 7) is 0.0404. The maximum absolute atomic E-state index is 10.3. The first-order chi connectivity index (χ1) is 3.81. The van der Waals surface area contributed by atoms with Crippen LogP contribution in [-0.4, -0.2) is 25.8 Å². The van der Waals surface area contributed by atoms with Gasteiger partial charge in [0, 0.05) is 7.11 Å². The SMILES string of the molecule is COCC(=O)CC=O. The fourth-order valence-corrected chi connectivity index (χ4v) is 0.313. The Morgan fingerprint density at radius 3 is 2.75 bits per heavy atom. The van der Waals surface area contributed by atoms with Gasteiger partial charge in [-0.2, -0.15) is 0 Å². The van der Waals surface area contributed by atoms with Crippen molar-refractivity contribution in [2.24, 2.45) is 0 Å². The fourth-order valence-electron chi connectivity index (χ4n) is 0.313. The molecule has 0 aliphatic heterocycles. The van der Waals surface area contributed by atoms with Crippen molar-refractivity contribution in [1.82, 2.24) is 0 Å². The Kier molecular flexibility index (Phi) is 4.07. The van der Waals surface area contributed by atoms with Crippen LogP contribution in [0.4, 0.5) is 0 Å². The number of hydrogen-bond acceptors (Lipinski definition) is 3. The number of ketones is 1. The Morgan fingerprint density at radius 2 is 2.38 bits per heavy atom. The second-order valence-electron chi connectivity index (χ2n) is 1.34. The first-order valence-corrected chi connectivity index (χ1v) is 2.25. The molecule has 0 aliphatic rings. The van der Waals surface area contributed by atoms with E-state index in [1.165, 1.54) is 7.11 Å². The van der Waals surface area contributed by atoms with E-state index in [2.05, 4.69) is 4.74 Å². The van der Waals surface area contributed by atoms with Crippen LogP contribution in [0.3, 0.4) is 0 Å². The predicted molar refractivity (Wildman–Crippen MR) is 27.6 cm³/mol. The zero-order chi connectivity index (χ0) is 6.41. The highest BCUT2D eigenvalue weighted by Gasteiger charge is 1.96. The minimum atomic E-state index is -0.178. The molecule has 46 valence electrons. The van der Waals surface area contributed by atoms with E-state index in [4.69, 9.17) is 0 Å². The molecule has 3 heteroatoms. The number of methoxy groups -OCH3 is 1. The molecule has 0 atom stereocenters. The van der Waals surface area contributed by atoms with E-state index in [-0.39, 0.29) is 18.8 Å². The second kappa shape index (κ2) is 4.46. The van der Waals surface area contributed by atoms with Crippen LogP contribution < -0.4 is 0 Å². The predicted octanol–water partition coefficient (Wildman–Crippen LogP) is -0.209. The molecule has 0 amide bonds. The summed E-state index contributed by atoms with van der Waals surface area (Å²) >= 11 is 0. The van der Waals surface area contributed by atoms with Crippen LogP contribution in [0.1, 0.15) is 6.42 Å². The molecule has 0 saturated heterocycles. The summed E-state index contributed by atoms with van der Waals surface area (Å²) in [5, 5.41) is 0. The third-order valence-electron chi connectivity index (χ3n) is 0.616. The number of rotatable bonds is 4. The minimum Gasteiger partial charge on any atom is -0.377 e. The highest BCUT2D eigenvalue weighted by Crippen LogP contribution is 1.76. The van der Waals surface area contributed by atoms with Crippen molar-refractivity contribution in [2.45, 2.75) is 6.42 Å². The van der Waals surface area contributed by atoms with Gasteiger partial charge in [-0.25, -0.2) is 0 Å². The fraction of sp³-hybridized carbons (Fsp3) is 0.600. The van der Waals surface area contributed by atoms with Crippen molar-refractivity contribution in [3.05, 3.63) is 0 Å². The van der Waals surface area contributed by atoms with Gasteiger partial charge in [-0.1, -0.05) is 0 Å². The van der Waals surface area contributed by atoms with Crippen LogP contribution in [0.5, 0.6) is 0 Å². The van der Waals surface area contributed by atoms with Crippen LogP contribution in [0.25, 0.3) is 0 Å². The Balaban J connectivity index is 3.18. The number of hydrogen-bond donors (Lipinski definition) is 0. The molecular formula is C5H8O3. The van der Waals surface area contributed by atoms with Gasteiger partial charge in [0.2, 0.25) is 0 Å². The molecule has 0 radical (unpaired) electrons. The largest absolute Gasteiger partial charge is 0.377 e. The van der Waals surface area contributed by atoms with Crippen molar-refractivity contribution >= 4 is 12.1 Å². The third-order valence-corrected chi connectivity index (χ3v) is 0.616. The summed E-state index contributed by atoms with van der Waals surface area (Å²) in [6, 6.07) is 0. The maximum atomic E-state index is 10.3. The van der Waals surface area contributed by atoms with Gasteiger partial charge in [0.15, 0.2) is 5.78 Å². The van der Waals surface area contributed by atoms with E-state index < -0.39 is 0 Å². The van der Waals surface area contributed by atoms with Gasteiger partial charge in [-0.3, -0.25) is 4.79 Å². The summed E-state index contributed by atoms with van der Waals surface area (Å²) in [5.74, 6) is -0.178. The topological polar surface area (TPSA) is 43.4 Å². The average Bonchev–Trinajstić information content (AvgIpc) is 1.68. The molecule has 0 aromatic heterocycles. The Hall–Kier alpha value is -0.700. The standard InChI is InChI=1S/C5H8O3/c1-8-4-5(7)2-3-6/h3H,2,4H2,1H3. The van der Waals surface area contributed by atoms with E-state index >= 15 is 0 Å². The van der Waals surface area contributed by atoms with E-state index in [1.807, 2.05) is 0 Å². The van der Waals surface area contributed by atoms with Gasteiger partial charge >= 0.3 is 0 Å². The number of carbonyl (C=O) groups is 2. The minimum absolute atomic E-state index is 0.0339. The van der Waals surface area contributed by atoms with Crippen molar-refractivity contribution in [2.75, 3.05) is 13.7 Å². The summed E-state index contributed by atoms with van der Waals surface area (Å²) in [5.41, 5.74) is 0. The van der Waals surface area contributed by atoms with Gasteiger partial charge in [0.1, 0.15) is 12.9 Å². The zero-order valence-corrected chi connectivity index (χ0v) is 4.72. The first kappa shape index (κ1) is 7.30. The summed E-state index contributed by atoms with van der Waals surface area (Å²) in [7, 11) is 1.42. The summed E-state index contributed by atoms with van der Waals surface area (Å²) < 4.78 is 4.45. The van der Waals surface area contributed by atoms with Crippen LogP contribution in [-0.2, 0) is 14.3 Å². The molecule has 0 bridgehead atoms. The zero-order valence-electron chi connectivity index (χ0n) is 4.72. The van der Waals surface area contributed by atoms with Crippen molar-refractivity contribution in [1.29, 1.82) is 0 Å². The summed E-state index contributed by atoms with van der Waals surface area (Å²) in [4.78, 5) is 19.9. The molecule has 3 nitrogen and oxygen atoms in total. The van der Waals surface area contributed by atoms with E-state index in [0.717, 1.165) is 0 Å². The highest BCUT2D eigenvalue weighted by molar-refractivity contribution is 5.90. The number of aldehydes is 1. The van der Waals surface area contributed by atoms with E-state index in [1.54, 1.807) is 0 Å². The lowest BCUT2D eigenvalue weighted by Gasteiger charge is -1.89. The average molecular weight is 116 g/mol. The van der Waals surface area contributed by atoms with Gasteiger partial charge in [0.25, 0.3) is 0 Å². The van der Waals surface area contributed by atoms with Gasteiger partial charge in [-0.15, -0.1) is 0 Å². The lowest BCUT2D eigenvalue weighted by atomic mass is 10.3. The highest BCUT2D eigenvalue weighted by atomic mass is 16.5. The molecular weight excluding hydrogens is 108 g/mol. The van der Waals surface area contributed by atoms with Gasteiger partial charge in [-0.05, 0) is 0 Å². The maximum Gasteiger partial charge on any atom is 0.165 e. The van der Waals surface area contributed by atoms with Crippen LogP contribution >= 0.6 is 0 Å². The van der Waals surface area contributed by atoms with Crippen molar-refractivity contribution in [3.8, 4) is 0 Å². The Bertz CT molecular complexity index is 87.7. The third kappa shape index (κ3) is 3.49. The van der Waals surface area contributed by atoms with Crippen LogP contribution in [0.2, 0.25) is 0 Å². The number of carbonyl (C=O) groups excluding carboxylic acids is 2. The van der Waals surface area contributed by atoms with Gasteiger partial charge in [0.05, 0.1) is 6.42 Å². The monoisotopic (exact) mass is 116 g/mol. The van der Waals surface area contributed by atoms with Crippen molar-refractivity contribution < 1.29 is 14.3 Å². The molecule has 0 unspecified atom stereocenters. The molecule has 0 aliphatic carbocycles. The molecule has 0 fully saturated rings. The lowest BCUT2D eigenvalue weighted by molar-refractivity contribution is -0.125. The lowest BCUT2D eigenvalue weighted by Crippen LogP contribution is -2.05. The normalized spacial score (nSPS) is 8.62. The Morgan fingerprint density at radius 1 is 1.75 bits per heavy atom. The molecule has 0 heterocycles.